The summed E-state index contributed by atoms with van der Waals surface area (Å²) in [6, 6.07) is 13.7. The van der Waals surface area contributed by atoms with Gasteiger partial charge in [0.25, 0.3) is 5.91 Å². The van der Waals surface area contributed by atoms with Crippen LogP contribution in [0.2, 0.25) is 0 Å². The summed E-state index contributed by atoms with van der Waals surface area (Å²) in [4.78, 5) is 25.7. The fourth-order valence-electron chi connectivity index (χ4n) is 3.70. The van der Waals surface area contributed by atoms with Gasteiger partial charge in [-0.2, -0.15) is 0 Å². The molecule has 0 bridgehead atoms. The summed E-state index contributed by atoms with van der Waals surface area (Å²) in [6.45, 7) is 4.86. The largest absolute Gasteiger partial charge is 0.465 e. The zero-order valence-electron chi connectivity index (χ0n) is 15.5. The molecule has 2 N–H and O–H groups in total. The van der Waals surface area contributed by atoms with E-state index in [1.165, 1.54) is 12.7 Å². The number of carbonyl (C=O) groups excluding carboxylic acids is 2. The van der Waals surface area contributed by atoms with Crippen molar-refractivity contribution in [1.82, 2.24) is 0 Å². The predicted molar refractivity (Wildman–Crippen MR) is 100 cm³/mol. The highest BCUT2D eigenvalue weighted by Crippen LogP contribution is 2.15. The van der Waals surface area contributed by atoms with Gasteiger partial charge in [-0.3, -0.25) is 4.79 Å². The minimum atomic E-state index is -0.361. The average Bonchev–Trinajstić information content (AvgIpc) is 2.59. The van der Waals surface area contributed by atoms with Crippen molar-refractivity contribution in [3.05, 3.63) is 64.7 Å². The molecule has 0 aromatic heterocycles. The Morgan fingerprint density at radius 3 is 2.42 bits per heavy atom. The van der Waals surface area contributed by atoms with Gasteiger partial charge in [0.2, 0.25) is 0 Å². The molecule has 0 fully saturated rings. The summed E-state index contributed by atoms with van der Waals surface area (Å²) in [7, 11) is 1.40. The Labute approximate surface area is 154 Å². The highest BCUT2D eigenvalue weighted by molar-refractivity contribution is 5.91. The smallest absolute Gasteiger partial charge is 0.365 e. The van der Waals surface area contributed by atoms with Crippen molar-refractivity contribution in [2.45, 2.75) is 32.9 Å². The summed E-state index contributed by atoms with van der Waals surface area (Å²) in [5.41, 5.74) is 5.33. The van der Waals surface area contributed by atoms with E-state index >= 15 is 0 Å². The molecule has 2 atom stereocenters. The fourth-order valence-corrected chi connectivity index (χ4v) is 3.70. The number of aryl methyl sites for hydroxylation is 2. The number of benzene rings is 2. The lowest BCUT2D eigenvalue weighted by atomic mass is 9.94. The molecule has 5 heteroatoms. The van der Waals surface area contributed by atoms with Crippen molar-refractivity contribution in [2.24, 2.45) is 0 Å². The van der Waals surface area contributed by atoms with Crippen LogP contribution >= 0.6 is 0 Å². The van der Waals surface area contributed by atoms with Gasteiger partial charge in [-0.25, -0.2) is 4.79 Å². The molecule has 136 valence electrons. The Morgan fingerprint density at radius 1 is 1.12 bits per heavy atom. The quantitative estimate of drug-likeness (QED) is 0.818. The van der Waals surface area contributed by atoms with E-state index in [0.29, 0.717) is 13.0 Å². The first-order chi connectivity index (χ1) is 12.5. The normalized spacial score (nSPS) is 18.7. The van der Waals surface area contributed by atoms with Crippen molar-refractivity contribution in [1.29, 1.82) is 0 Å². The summed E-state index contributed by atoms with van der Waals surface area (Å²) in [6.07, 6.45) is 0.592. The SMILES string of the molecule is COC(=O)[C@H]1Cc2ccccc2C[NH+]1CC(=O)Nc1cc(C)cc(C)c1. The molecule has 2 aromatic rings. The van der Waals surface area contributed by atoms with Crippen LogP contribution in [-0.4, -0.2) is 31.6 Å². The molecule has 1 amide bonds. The molecule has 1 unspecified atom stereocenters. The predicted octanol–water partition coefficient (Wildman–Crippen LogP) is 1.42. The van der Waals surface area contributed by atoms with Crippen LogP contribution in [0.5, 0.6) is 0 Å². The minimum absolute atomic E-state index is 0.0988. The van der Waals surface area contributed by atoms with E-state index in [-0.39, 0.29) is 24.5 Å². The van der Waals surface area contributed by atoms with Gasteiger partial charge in [0.1, 0.15) is 6.54 Å². The number of esters is 1. The van der Waals surface area contributed by atoms with Crippen molar-refractivity contribution >= 4 is 17.6 Å². The van der Waals surface area contributed by atoms with Crippen LogP contribution in [0.15, 0.2) is 42.5 Å². The number of methoxy groups -OCH3 is 1. The van der Waals surface area contributed by atoms with E-state index in [9.17, 15) is 9.59 Å². The topological polar surface area (TPSA) is 59.8 Å². The van der Waals surface area contributed by atoms with Gasteiger partial charge in [0.05, 0.1) is 7.11 Å². The van der Waals surface area contributed by atoms with Crippen LogP contribution in [-0.2, 0) is 27.3 Å². The average molecular weight is 353 g/mol. The first kappa shape index (κ1) is 18.1. The number of hydrogen-bond acceptors (Lipinski definition) is 3. The minimum Gasteiger partial charge on any atom is -0.465 e. The monoisotopic (exact) mass is 353 g/mol. The second-order valence-electron chi connectivity index (χ2n) is 6.98. The number of ether oxygens (including phenoxy) is 1. The Kier molecular flexibility index (Phi) is 5.38. The zero-order valence-corrected chi connectivity index (χ0v) is 15.5. The molecular formula is C21H25N2O3+. The number of nitrogens with one attached hydrogen (secondary N) is 2. The Bertz CT molecular complexity index is 812. The highest BCUT2D eigenvalue weighted by Gasteiger charge is 2.37. The lowest BCUT2D eigenvalue weighted by Gasteiger charge is -2.31. The standard InChI is InChI=1S/C21H24N2O3/c1-14-8-15(2)10-18(9-14)22-20(24)13-23-12-17-7-5-4-6-16(17)11-19(23)21(25)26-3/h4-10,19H,11-13H2,1-3H3,(H,22,24)/p+1/t19-/m1/s1. The Morgan fingerprint density at radius 2 is 1.77 bits per heavy atom. The number of rotatable bonds is 4. The van der Waals surface area contributed by atoms with E-state index in [1.807, 2.05) is 44.2 Å². The maximum atomic E-state index is 12.6. The summed E-state index contributed by atoms with van der Waals surface area (Å²) >= 11 is 0. The molecule has 3 rings (SSSR count). The summed E-state index contributed by atoms with van der Waals surface area (Å²) < 4.78 is 4.97. The number of fused-ring (bicyclic) bond motifs is 1. The molecule has 0 saturated heterocycles. The van der Waals surface area contributed by atoms with Crippen LogP contribution < -0.4 is 10.2 Å². The van der Waals surface area contributed by atoms with Crippen molar-refractivity contribution in [2.75, 3.05) is 19.0 Å². The van der Waals surface area contributed by atoms with Crippen LogP contribution in [0, 0.1) is 13.8 Å². The molecule has 26 heavy (non-hydrogen) atoms. The summed E-state index contributed by atoms with van der Waals surface area (Å²) in [5.74, 6) is -0.369. The number of quaternary nitrogens is 1. The van der Waals surface area contributed by atoms with E-state index in [0.717, 1.165) is 27.3 Å². The van der Waals surface area contributed by atoms with Gasteiger partial charge in [-0.1, -0.05) is 30.3 Å². The van der Waals surface area contributed by atoms with E-state index in [1.54, 1.807) is 0 Å². The van der Waals surface area contributed by atoms with Gasteiger partial charge in [-0.05, 0) is 42.7 Å². The zero-order chi connectivity index (χ0) is 18.7. The lowest BCUT2D eigenvalue weighted by Crippen LogP contribution is -3.17. The third-order valence-electron chi connectivity index (χ3n) is 4.83. The molecular weight excluding hydrogens is 328 g/mol. The maximum Gasteiger partial charge on any atom is 0.365 e. The number of anilines is 1. The van der Waals surface area contributed by atoms with Crippen LogP contribution in [0.25, 0.3) is 0 Å². The maximum absolute atomic E-state index is 12.6. The third kappa shape index (κ3) is 4.11. The molecule has 1 heterocycles. The van der Waals surface area contributed by atoms with Gasteiger partial charge >= 0.3 is 5.97 Å². The highest BCUT2D eigenvalue weighted by atomic mass is 16.5. The second kappa shape index (κ2) is 7.70. The van der Waals surface area contributed by atoms with Crippen LogP contribution in [0.1, 0.15) is 22.3 Å². The van der Waals surface area contributed by atoms with Gasteiger partial charge < -0.3 is 15.0 Å². The van der Waals surface area contributed by atoms with E-state index in [4.69, 9.17) is 4.74 Å². The first-order valence-electron chi connectivity index (χ1n) is 8.83. The molecule has 2 aromatic carbocycles. The van der Waals surface area contributed by atoms with Gasteiger partial charge in [0.15, 0.2) is 12.6 Å². The fraction of sp³-hybridized carbons (Fsp3) is 0.333. The van der Waals surface area contributed by atoms with Crippen molar-refractivity contribution in [3.8, 4) is 0 Å². The van der Waals surface area contributed by atoms with Crippen LogP contribution in [0.3, 0.4) is 0 Å². The number of carbonyl (C=O) groups is 2. The molecule has 0 aliphatic carbocycles. The molecule has 0 radical (unpaired) electrons. The van der Waals surface area contributed by atoms with Crippen LogP contribution in [0.4, 0.5) is 5.69 Å². The molecule has 1 aliphatic heterocycles. The second-order valence-corrected chi connectivity index (χ2v) is 6.98. The number of hydrogen-bond donors (Lipinski definition) is 2. The van der Waals surface area contributed by atoms with E-state index in [2.05, 4.69) is 17.4 Å². The lowest BCUT2D eigenvalue weighted by molar-refractivity contribution is -0.924. The third-order valence-corrected chi connectivity index (χ3v) is 4.83. The number of amides is 1. The molecule has 1 aliphatic rings. The molecule has 0 saturated carbocycles. The first-order valence-corrected chi connectivity index (χ1v) is 8.83. The molecule has 5 nitrogen and oxygen atoms in total. The van der Waals surface area contributed by atoms with Gasteiger partial charge in [-0.15, -0.1) is 0 Å². The Hall–Kier alpha value is -2.66. The molecule has 0 spiro atoms. The summed E-state index contributed by atoms with van der Waals surface area (Å²) in [5, 5.41) is 2.96. The van der Waals surface area contributed by atoms with Crippen molar-refractivity contribution < 1.29 is 19.2 Å². The Balaban J connectivity index is 1.75. The van der Waals surface area contributed by atoms with Gasteiger partial charge in [0, 0.05) is 17.7 Å². The van der Waals surface area contributed by atoms with E-state index < -0.39 is 0 Å². The van der Waals surface area contributed by atoms with Crippen molar-refractivity contribution in [3.63, 3.8) is 0 Å².